The monoisotopic (exact) mass is 141 g/mol. The predicted octanol–water partition coefficient (Wildman–Crippen LogP) is 1.13. The first kappa shape index (κ1) is 9.37. The van der Waals surface area contributed by atoms with Gasteiger partial charge in [0.1, 0.15) is 0 Å². The molecule has 0 saturated heterocycles. The van der Waals surface area contributed by atoms with Crippen LogP contribution >= 0.6 is 0 Å². The Morgan fingerprint density at radius 1 is 1.60 bits per heavy atom. The summed E-state index contributed by atoms with van der Waals surface area (Å²) in [4.78, 5) is 10.8. The van der Waals surface area contributed by atoms with Crippen molar-refractivity contribution in [1.29, 1.82) is 0 Å². The summed E-state index contributed by atoms with van der Waals surface area (Å²) in [5.41, 5.74) is 0.863. The molecule has 0 rings (SSSR count). The Bertz CT molecular complexity index is 138. The van der Waals surface area contributed by atoms with Crippen LogP contribution in [0.15, 0.2) is 11.6 Å². The van der Waals surface area contributed by atoms with E-state index in [4.69, 9.17) is 0 Å². The maximum absolute atomic E-state index is 10.8. The number of hydrogen-bond donors (Lipinski definition) is 1. The molecule has 58 valence electrons. The lowest BCUT2D eigenvalue weighted by molar-refractivity contribution is -0.113. The van der Waals surface area contributed by atoms with Gasteiger partial charge < -0.3 is 5.32 Å². The normalized spacial score (nSPS) is 11.7. The first-order valence-corrected chi connectivity index (χ1v) is 3.59. The minimum absolute atomic E-state index is 0.156. The van der Waals surface area contributed by atoms with E-state index >= 15 is 0 Å². The van der Waals surface area contributed by atoms with E-state index in [2.05, 4.69) is 5.32 Å². The van der Waals surface area contributed by atoms with Crippen LogP contribution in [0.1, 0.15) is 20.8 Å². The third-order valence-electron chi connectivity index (χ3n) is 1.37. The fraction of sp³-hybridized carbons (Fsp3) is 0.625. The van der Waals surface area contributed by atoms with Gasteiger partial charge in [0.05, 0.1) is 0 Å². The van der Waals surface area contributed by atoms with E-state index in [1.807, 2.05) is 19.9 Å². The van der Waals surface area contributed by atoms with E-state index in [1.165, 1.54) is 0 Å². The number of allylic oxidation sites excluding steroid dienone is 1. The summed E-state index contributed by atoms with van der Waals surface area (Å²) in [7, 11) is 0. The van der Waals surface area contributed by atoms with Crippen molar-refractivity contribution in [3.63, 3.8) is 0 Å². The van der Waals surface area contributed by atoms with Gasteiger partial charge in [0.15, 0.2) is 5.78 Å². The molecule has 0 aromatic carbocycles. The molecular weight excluding hydrogens is 126 g/mol. The first-order chi connectivity index (χ1) is 4.72. The molecule has 0 saturated carbocycles. The van der Waals surface area contributed by atoms with Crippen LogP contribution in [0.5, 0.6) is 0 Å². The molecular formula is C8H15NO. The van der Waals surface area contributed by atoms with Gasteiger partial charge in [-0.3, -0.25) is 4.79 Å². The number of hydrogen-bond acceptors (Lipinski definition) is 2. The zero-order valence-electron chi connectivity index (χ0n) is 6.90. The van der Waals surface area contributed by atoms with Crippen molar-refractivity contribution in [3.8, 4) is 0 Å². The molecule has 0 bridgehead atoms. The van der Waals surface area contributed by atoms with Gasteiger partial charge in [0, 0.05) is 12.1 Å². The highest BCUT2D eigenvalue weighted by atomic mass is 16.1. The fourth-order valence-corrected chi connectivity index (χ4v) is 0.689. The number of Topliss-reactive ketones (excluding diaryl/α,β-unsaturated/α-hetero) is 1. The summed E-state index contributed by atoms with van der Waals surface area (Å²) < 4.78 is 0. The highest BCUT2D eigenvalue weighted by Crippen LogP contribution is 1.92. The van der Waals surface area contributed by atoms with Crippen molar-refractivity contribution in [1.82, 2.24) is 5.32 Å². The first-order valence-electron chi connectivity index (χ1n) is 3.59. The summed E-state index contributed by atoms with van der Waals surface area (Å²) in [6.45, 7) is 7.10. The molecule has 2 nitrogen and oxygen atoms in total. The molecule has 2 heteroatoms. The van der Waals surface area contributed by atoms with Crippen molar-refractivity contribution in [3.05, 3.63) is 11.6 Å². The maximum atomic E-state index is 10.8. The summed E-state index contributed by atoms with van der Waals surface area (Å²) in [6, 6.07) is 0. The minimum atomic E-state index is 0.156. The third-order valence-corrected chi connectivity index (χ3v) is 1.37. The van der Waals surface area contributed by atoms with Gasteiger partial charge >= 0.3 is 0 Å². The summed E-state index contributed by atoms with van der Waals surface area (Å²) in [5, 5.41) is 3.09. The number of rotatable bonds is 4. The summed E-state index contributed by atoms with van der Waals surface area (Å²) in [5.74, 6) is 0.156. The molecule has 0 aromatic heterocycles. The molecule has 0 amide bonds. The van der Waals surface area contributed by atoms with Crippen molar-refractivity contribution in [2.75, 3.05) is 13.1 Å². The van der Waals surface area contributed by atoms with Crippen molar-refractivity contribution in [2.24, 2.45) is 0 Å². The standard InChI is InChI=1S/C8H15NO/c1-4-8(7(3)10)6-9-5-2/h4,9H,5-6H2,1-3H3/b8-4+. The van der Waals surface area contributed by atoms with Crippen LogP contribution < -0.4 is 5.32 Å². The highest BCUT2D eigenvalue weighted by Gasteiger charge is 1.98. The number of carbonyl (C=O) groups is 1. The lowest BCUT2D eigenvalue weighted by Crippen LogP contribution is -2.19. The van der Waals surface area contributed by atoms with Gasteiger partial charge in [-0.2, -0.15) is 0 Å². The van der Waals surface area contributed by atoms with Gasteiger partial charge in [-0.15, -0.1) is 0 Å². The van der Waals surface area contributed by atoms with Gasteiger partial charge in [-0.25, -0.2) is 0 Å². The van der Waals surface area contributed by atoms with Crippen LogP contribution in [0.3, 0.4) is 0 Å². The quantitative estimate of drug-likeness (QED) is 0.595. The second-order valence-electron chi connectivity index (χ2n) is 2.15. The Morgan fingerprint density at radius 3 is 2.50 bits per heavy atom. The third kappa shape index (κ3) is 3.41. The molecule has 0 aliphatic rings. The van der Waals surface area contributed by atoms with Crippen molar-refractivity contribution >= 4 is 5.78 Å². The average molecular weight is 141 g/mol. The Labute approximate surface area is 62.3 Å². The smallest absolute Gasteiger partial charge is 0.156 e. The number of likely N-dealkylation sites (N-methyl/N-ethyl adjacent to an activating group) is 1. The van der Waals surface area contributed by atoms with Crippen LogP contribution in [-0.2, 0) is 4.79 Å². The SMILES string of the molecule is C/C=C(\CNCC)C(C)=O. The van der Waals surface area contributed by atoms with E-state index in [9.17, 15) is 4.79 Å². The number of carbonyl (C=O) groups excluding carboxylic acids is 1. The molecule has 0 atom stereocenters. The Morgan fingerprint density at radius 2 is 2.20 bits per heavy atom. The zero-order valence-corrected chi connectivity index (χ0v) is 6.90. The van der Waals surface area contributed by atoms with E-state index < -0.39 is 0 Å². The molecule has 0 unspecified atom stereocenters. The van der Waals surface area contributed by atoms with E-state index in [0.29, 0.717) is 6.54 Å². The topological polar surface area (TPSA) is 29.1 Å². The van der Waals surface area contributed by atoms with Gasteiger partial charge in [-0.05, 0) is 20.4 Å². The van der Waals surface area contributed by atoms with Crippen LogP contribution in [0.2, 0.25) is 0 Å². The van der Waals surface area contributed by atoms with Crippen LogP contribution in [0.25, 0.3) is 0 Å². The van der Waals surface area contributed by atoms with Crippen LogP contribution in [-0.4, -0.2) is 18.9 Å². The van der Waals surface area contributed by atoms with Gasteiger partial charge in [0.25, 0.3) is 0 Å². The Hall–Kier alpha value is -0.630. The second-order valence-corrected chi connectivity index (χ2v) is 2.15. The maximum Gasteiger partial charge on any atom is 0.156 e. The molecule has 0 heterocycles. The molecule has 0 aromatic rings. The average Bonchev–Trinajstić information content (AvgIpc) is 1.89. The lowest BCUT2D eigenvalue weighted by atomic mass is 10.2. The molecule has 0 aliphatic heterocycles. The van der Waals surface area contributed by atoms with E-state index in [0.717, 1.165) is 12.1 Å². The number of nitrogens with one attached hydrogen (secondary N) is 1. The Balaban J connectivity index is 3.74. The molecule has 0 fully saturated rings. The van der Waals surface area contributed by atoms with Crippen molar-refractivity contribution in [2.45, 2.75) is 20.8 Å². The number of ketones is 1. The van der Waals surface area contributed by atoms with Gasteiger partial charge in [0.2, 0.25) is 0 Å². The summed E-state index contributed by atoms with van der Waals surface area (Å²) >= 11 is 0. The molecule has 0 radical (unpaired) electrons. The van der Waals surface area contributed by atoms with Crippen LogP contribution in [0, 0.1) is 0 Å². The van der Waals surface area contributed by atoms with Crippen molar-refractivity contribution < 1.29 is 4.79 Å². The molecule has 1 N–H and O–H groups in total. The zero-order chi connectivity index (χ0) is 7.98. The largest absolute Gasteiger partial charge is 0.313 e. The van der Waals surface area contributed by atoms with Crippen LogP contribution in [0.4, 0.5) is 0 Å². The minimum Gasteiger partial charge on any atom is -0.313 e. The molecule has 0 aliphatic carbocycles. The lowest BCUT2D eigenvalue weighted by Gasteiger charge is -2.01. The predicted molar refractivity (Wildman–Crippen MR) is 43.0 cm³/mol. The van der Waals surface area contributed by atoms with E-state index in [1.54, 1.807) is 6.92 Å². The fourth-order valence-electron chi connectivity index (χ4n) is 0.689. The Kier molecular flexibility index (Phi) is 4.85. The second kappa shape index (κ2) is 5.18. The highest BCUT2D eigenvalue weighted by molar-refractivity contribution is 5.93. The molecule has 10 heavy (non-hydrogen) atoms. The van der Waals surface area contributed by atoms with E-state index in [-0.39, 0.29) is 5.78 Å². The summed E-state index contributed by atoms with van der Waals surface area (Å²) in [6.07, 6.45) is 1.85. The van der Waals surface area contributed by atoms with Gasteiger partial charge in [-0.1, -0.05) is 13.0 Å². The molecule has 0 spiro atoms.